The van der Waals surface area contributed by atoms with Gasteiger partial charge in [-0.3, -0.25) is 4.79 Å². The first-order valence-electron chi connectivity index (χ1n) is 8.30. The Morgan fingerprint density at radius 2 is 1.88 bits per heavy atom. The lowest BCUT2D eigenvalue weighted by Gasteiger charge is -2.25. The van der Waals surface area contributed by atoms with Gasteiger partial charge in [-0.05, 0) is 38.0 Å². The minimum atomic E-state index is -0.640. The smallest absolute Gasteiger partial charge is 0.315 e. The zero-order valence-corrected chi connectivity index (χ0v) is 15.0. The van der Waals surface area contributed by atoms with Crippen molar-refractivity contribution in [2.24, 2.45) is 5.41 Å². The number of anilines is 1. The van der Waals surface area contributed by atoms with Crippen molar-refractivity contribution < 1.29 is 9.53 Å². The van der Waals surface area contributed by atoms with Crippen LogP contribution in [-0.4, -0.2) is 19.6 Å². The van der Waals surface area contributed by atoms with Crippen LogP contribution in [0.3, 0.4) is 0 Å². The molecule has 0 N–H and O–H groups in total. The Labute approximate surface area is 145 Å². The van der Waals surface area contributed by atoms with Crippen LogP contribution in [0.1, 0.15) is 33.6 Å². The average Bonchev–Trinajstić information content (AvgIpc) is 2.63. The summed E-state index contributed by atoms with van der Waals surface area (Å²) in [7, 11) is 1.84. The van der Waals surface area contributed by atoms with Gasteiger partial charge < -0.3 is 9.64 Å². The highest BCUT2D eigenvalue weighted by Crippen LogP contribution is 2.30. The predicted molar refractivity (Wildman–Crippen MR) is 97.3 cm³/mol. The number of ether oxygens (including phenoxy) is 1. The second-order valence-corrected chi connectivity index (χ2v) is 5.50. The van der Waals surface area contributed by atoms with Crippen molar-refractivity contribution in [3.63, 3.8) is 0 Å². The van der Waals surface area contributed by atoms with E-state index < -0.39 is 5.41 Å². The summed E-state index contributed by atoms with van der Waals surface area (Å²) in [4.78, 5) is 14.1. The highest BCUT2D eigenvalue weighted by Gasteiger charge is 2.33. The summed E-state index contributed by atoms with van der Waals surface area (Å²) in [6.07, 6.45) is 6.67. The van der Waals surface area contributed by atoms with Crippen molar-refractivity contribution in [2.75, 3.05) is 18.6 Å². The number of hydrogen-bond acceptors (Lipinski definition) is 4. The molecule has 0 unspecified atom stereocenters. The summed E-state index contributed by atoms with van der Waals surface area (Å²) in [5, 5.41) is 9.41. The quantitative estimate of drug-likeness (QED) is 0.402. The molecule has 0 aliphatic carbocycles. The topological polar surface area (TPSA) is 53.3 Å². The lowest BCUT2D eigenvalue weighted by molar-refractivity contribution is -0.152. The van der Waals surface area contributed by atoms with E-state index in [0.29, 0.717) is 25.1 Å². The Bertz CT molecular complexity index is 623. The molecule has 1 aromatic rings. The summed E-state index contributed by atoms with van der Waals surface area (Å²) in [5.74, 6) is -0.213. The van der Waals surface area contributed by atoms with Gasteiger partial charge in [0, 0.05) is 12.7 Å². The maximum Gasteiger partial charge on any atom is 0.315 e. The fraction of sp³-hybridized carbons (Fsp3) is 0.400. The van der Waals surface area contributed by atoms with Crippen LogP contribution < -0.4 is 4.90 Å². The average molecular weight is 326 g/mol. The molecule has 0 fully saturated rings. The molecule has 0 aliphatic heterocycles. The molecule has 0 bridgehead atoms. The van der Waals surface area contributed by atoms with Gasteiger partial charge in [0.25, 0.3) is 0 Å². The Morgan fingerprint density at radius 3 is 2.38 bits per heavy atom. The van der Waals surface area contributed by atoms with E-state index in [1.54, 1.807) is 19.1 Å². The minimum absolute atomic E-state index is 0.213. The van der Waals surface area contributed by atoms with E-state index in [2.05, 4.69) is 6.07 Å². The van der Waals surface area contributed by atoms with Crippen molar-refractivity contribution in [3.05, 3.63) is 54.3 Å². The molecule has 0 heterocycles. The molecule has 4 nitrogen and oxygen atoms in total. The largest absolute Gasteiger partial charge is 0.465 e. The summed E-state index contributed by atoms with van der Waals surface area (Å²) < 4.78 is 5.20. The molecule has 24 heavy (non-hydrogen) atoms. The monoisotopic (exact) mass is 326 g/mol. The molecular weight excluding hydrogens is 300 g/mol. The first-order chi connectivity index (χ1) is 11.5. The van der Waals surface area contributed by atoms with Crippen LogP contribution in [-0.2, 0) is 9.53 Å². The van der Waals surface area contributed by atoms with Crippen molar-refractivity contribution in [2.45, 2.75) is 33.6 Å². The van der Waals surface area contributed by atoms with E-state index >= 15 is 0 Å². The number of rotatable bonds is 8. The van der Waals surface area contributed by atoms with Crippen LogP contribution in [0, 0.1) is 16.7 Å². The molecule has 0 radical (unpaired) electrons. The fourth-order valence-corrected chi connectivity index (χ4v) is 2.46. The molecular formula is C20H26N2O2. The summed E-state index contributed by atoms with van der Waals surface area (Å²) in [6.45, 7) is 6.11. The third kappa shape index (κ3) is 4.73. The Hall–Kier alpha value is -2.54. The predicted octanol–water partition coefficient (Wildman–Crippen LogP) is 4.46. The van der Waals surface area contributed by atoms with Gasteiger partial charge in [-0.15, -0.1) is 0 Å². The van der Waals surface area contributed by atoms with E-state index in [1.165, 1.54) is 0 Å². The van der Waals surface area contributed by atoms with Crippen molar-refractivity contribution in [1.29, 1.82) is 5.26 Å². The number of allylic oxidation sites excluding steroid dienone is 3. The molecule has 0 saturated heterocycles. The SMILES string of the molecule is CCOC(=O)C(/C=C/C=C(/C#N)N(C)c1ccccc1)(CC)CC. The van der Waals surface area contributed by atoms with Gasteiger partial charge in [0.2, 0.25) is 0 Å². The van der Waals surface area contributed by atoms with Gasteiger partial charge in [-0.25, -0.2) is 0 Å². The molecule has 4 heteroatoms. The first-order valence-corrected chi connectivity index (χ1v) is 8.30. The molecule has 0 spiro atoms. The number of para-hydroxylation sites is 1. The Morgan fingerprint density at radius 1 is 1.25 bits per heavy atom. The van der Waals surface area contributed by atoms with Crippen molar-refractivity contribution in [3.8, 4) is 6.07 Å². The normalized spacial score (nSPS) is 12.0. The van der Waals surface area contributed by atoms with E-state index in [1.807, 2.05) is 62.2 Å². The first kappa shape index (κ1) is 19.5. The maximum absolute atomic E-state index is 12.3. The van der Waals surface area contributed by atoms with Crippen LogP contribution in [0.2, 0.25) is 0 Å². The summed E-state index contributed by atoms with van der Waals surface area (Å²) in [5.41, 5.74) is 0.794. The number of nitrogens with zero attached hydrogens (tertiary/aromatic N) is 2. The standard InChI is InChI=1S/C20H26N2O2/c1-5-20(6-2,19(23)24-7-3)15-11-14-18(16-21)22(4)17-12-9-8-10-13-17/h8-15H,5-7H2,1-4H3/b15-11+,18-14-. The molecule has 1 aromatic carbocycles. The van der Waals surface area contributed by atoms with Gasteiger partial charge in [-0.2, -0.15) is 5.26 Å². The van der Waals surface area contributed by atoms with Gasteiger partial charge in [0.1, 0.15) is 11.8 Å². The van der Waals surface area contributed by atoms with Crippen LogP contribution in [0.5, 0.6) is 0 Å². The second kappa shape index (κ2) is 9.57. The number of carbonyl (C=O) groups excluding carboxylic acids is 1. The number of benzene rings is 1. The second-order valence-electron chi connectivity index (χ2n) is 5.50. The Kier molecular flexibility index (Phi) is 7.77. The van der Waals surface area contributed by atoms with Crippen LogP contribution in [0.4, 0.5) is 5.69 Å². The zero-order valence-electron chi connectivity index (χ0n) is 15.0. The summed E-state index contributed by atoms with van der Waals surface area (Å²) in [6, 6.07) is 11.9. The maximum atomic E-state index is 12.3. The molecule has 0 amide bonds. The molecule has 1 rings (SSSR count). The number of esters is 1. The number of hydrogen-bond donors (Lipinski definition) is 0. The third-order valence-electron chi connectivity index (χ3n) is 4.23. The number of carbonyl (C=O) groups is 1. The molecule has 0 aliphatic rings. The lowest BCUT2D eigenvalue weighted by atomic mass is 9.82. The van der Waals surface area contributed by atoms with E-state index in [0.717, 1.165) is 5.69 Å². The van der Waals surface area contributed by atoms with Crippen LogP contribution >= 0.6 is 0 Å². The van der Waals surface area contributed by atoms with Crippen molar-refractivity contribution in [1.82, 2.24) is 0 Å². The molecule has 0 saturated carbocycles. The van der Waals surface area contributed by atoms with Crippen molar-refractivity contribution >= 4 is 11.7 Å². The molecule has 0 atom stereocenters. The van der Waals surface area contributed by atoms with Crippen LogP contribution in [0.15, 0.2) is 54.3 Å². The highest BCUT2D eigenvalue weighted by atomic mass is 16.5. The van der Waals surface area contributed by atoms with E-state index in [9.17, 15) is 10.1 Å². The van der Waals surface area contributed by atoms with E-state index in [4.69, 9.17) is 4.74 Å². The fourth-order valence-electron chi connectivity index (χ4n) is 2.46. The van der Waals surface area contributed by atoms with Gasteiger partial charge in [-0.1, -0.05) is 44.2 Å². The van der Waals surface area contributed by atoms with Crippen LogP contribution in [0.25, 0.3) is 0 Å². The Balaban J connectivity index is 3.02. The minimum Gasteiger partial charge on any atom is -0.465 e. The highest BCUT2D eigenvalue weighted by molar-refractivity contribution is 5.79. The van der Waals surface area contributed by atoms with Gasteiger partial charge >= 0.3 is 5.97 Å². The number of nitriles is 1. The molecule has 0 aromatic heterocycles. The lowest BCUT2D eigenvalue weighted by Crippen LogP contribution is -2.29. The third-order valence-corrected chi connectivity index (χ3v) is 4.23. The zero-order chi connectivity index (χ0) is 18.0. The molecule has 128 valence electrons. The summed E-state index contributed by atoms with van der Waals surface area (Å²) >= 11 is 0. The van der Waals surface area contributed by atoms with E-state index in [-0.39, 0.29) is 5.97 Å². The van der Waals surface area contributed by atoms with Gasteiger partial charge in [0.05, 0.1) is 12.0 Å². The van der Waals surface area contributed by atoms with Gasteiger partial charge in [0.15, 0.2) is 0 Å².